The standard InChI is InChI=1S/C16H25N3/c1-12(2)9-17-10-13(3)19-11-15-6-4-5-14-7-8-18-16(14)15/h4-8,12-13,17-19H,9-11H2,1-3H3. The summed E-state index contributed by atoms with van der Waals surface area (Å²) in [5.74, 6) is 0.708. The summed E-state index contributed by atoms with van der Waals surface area (Å²) in [4.78, 5) is 3.31. The summed E-state index contributed by atoms with van der Waals surface area (Å²) < 4.78 is 0. The molecule has 0 radical (unpaired) electrons. The lowest BCUT2D eigenvalue weighted by Gasteiger charge is -2.16. The van der Waals surface area contributed by atoms with Gasteiger partial charge >= 0.3 is 0 Å². The van der Waals surface area contributed by atoms with E-state index in [1.165, 1.54) is 16.5 Å². The van der Waals surface area contributed by atoms with E-state index in [0.717, 1.165) is 19.6 Å². The predicted molar refractivity (Wildman–Crippen MR) is 82.3 cm³/mol. The van der Waals surface area contributed by atoms with Crippen molar-refractivity contribution in [3.05, 3.63) is 36.0 Å². The van der Waals surface area contributed by atoms with Crippen LogP contribution in [0.15, 0.2) is 30.5 Å². The van der Waals surface area contributed by atoms with Gasteiger partial charge in [0.25, 0.3) is 0 Å². The maximum absolute atomic E-state index is 3.57. The molecule has 0 aliphatic heterocycles. The molecule has 3 heteroatoms. The average Bonchev–Trinajstić information content (AvgIpc) is 2.84. The van der Waals surface area contributed by atoms with Crippen LogP contribution in [-0.2, 0) is 6.54 Å². The summed E-state index contributed by atoms with van der Waals surface area (Å²) in [6, 6.07) is 9.04. The van der Waals surface area contributed by atoms with Crippen molar-refractivity contribution in [3.63, 3.8) is 0 Å². The maximum atomic E-state index is 3.57. The predicted octanol–water partition coefficient (Wildman–Crippen LogP) is 2.89. The molecule has 0 spiro atoms. The molecule has 3 nitrogen and oxygen atoms in total. The number of nitrogens with one attached hydrogen (secondary N) is 3. The average molecular weight is 259 g/mol. The second-order valence-electron chi connectivity index (χ2n) is 5.69. The van der Waals surface area contributed by atoms with Crippen molar-refractivity contribution in [3.8, 4) is 0 Å². The van der Waals surface area contributed by atoms with Crippen LogP contribution in [0.25, 0.3) is 10.9 Å². The van der Waals surface area contributed by atoms with Gasteiger partial charge in [-0.15, -0.1) is 0 Å². The first-order valence-corrected chi connectivity index (χ1v) is 7.16. The van der Waals surface area contributed by atoms with Crippen molar-refractivity contribution in [1.82, 2.24) is 15.6 Å². The second-order valence-corrected chi connectivity index (χ2v) is 5.69. The van der Waals surface area contributed by atoms with Crippen LogP contribution in [0.5, 0.6) is 0 Å². The van der Waals surface area contributed by atoms with E-state index in [2.05, 4.69) is 60.7 Å². The van der Waals surface area contributed by atoms with Gasteiger partial charge in [0.15, 0.2) is 0 Å². The Kier molecular flexibility index (Phi) is 5.00. The summed E-state index contributed by atoms with van der Waals surface area (Å²) in [5, 5.41) is 8.34. The molecule has 0 aliphatic rings. The fourth-order valence-electron chi connectivity index (χ4n) is 2.24. The van der Waals surface area contributed by atoms with Gasteiger partial charge in [0.05, 0.1) is 0 Å². The van der Waals surface area contributed by atoms with Crippen molar-refractivity contribution in [2.45, 2.75) is 33.4 Å². The Bertz CT molecular complexity index is 501. The van der Waals surface area contributed by atoms with Gasteiger partial charge < -0.3 is 15.6 Å². The smallest absolute Gasteiger partial charge is 0.0499 e. The van der Waals surface area contributed by atoms with Crippen molar-refractivity contribution in [1.29, 1.82) is 0 Å². The Hall–Kier alpha value is -1.32. The second kappa shape index (κ2) is 6.73. The molecule has 3 N–H and O–H groups in total. The van der Waals surface area contributed by atoms with Crippen molar-refractivity contribution < 1.29 is 0 Å². The molecule has 1 heterocycles. The molecule has 1 aromatic carbocycles. The topological polar surface area (TPSA) is 39.8 Å². The molecular formula is C16H25N3. The highest BCUT2D eigenvalue weighted by Crippen LogP contribution is 2.16. The fraction of sp³-hybridized carbons (Fsp3) is 0.500. The highest BCUT2D eigenvalue weighted by Gasteiger charge is 2.05. The van der Waals surface area contributed by atoms with Crippen LogP contribution in [0.1, 0.15) is 26.3 Å². The summed E-state index contributed by atoms with van der Waals surface area (Å²) in [6.45, 7) is 9.69. The van der Waals surface area contributed by atoms with E-state index in [1.54, 1.807) is 0 Å². The van der Waals surface area contributed by atoms with E-state index >= 15 is 0 Å². The van der Waals surface area contributed by atoms with E-state index in [1.807, 2.05) is 6.20 Å². The monoisotopic (exact) mass is 259 g/mol. The van der Waals surface area contributed by atoms with Crippen LogP contribution >= 0.6 is 0 Å². The number of H-pyrrole nitrogens is 1. The molecule has 0 amide bonds. The van der Waals surface area contributed by atoms with Gasteiger partial charge in [-0.3, -0.25) is 0 Å². The molecule has 1 unspecified atom stereocenters. The van der Waals surface area contributed by atoms with Crippen LogP contribution in [0.2, 0.25) is 0 Å². The van der Waals surface area contributed by atoms with Crippen LogP contribution in [-0.4, -0.2) is 24.1 Å². The Morgan fingerprint density at radius 3 is 2.74 bits per heavy atom. The number of benzene rings is 1. The first-order chi connectivity index (χ1) is 9.16. The minimum absolute atomic E-state index is 0.476. The van der Waals surface area contributed by atoms with Gasteiger partial charge in [-0.05, 0) is 36.4 Å². The minimum Gasteiger partial charge on any atom is -0.361 e. The molecule has 2 aromatic rings. The zero-order chi connectivity index (χ0) is 13.7. The first-order valence-electron chi connectivity index (χ1n) is 7.16. The molecule has 0 fully saturated rings. The molecule has 0 aliphatic carbocycles. The number of rotatable bonds is 7. The van der Waals surface area contributed by atoms with Gasteiger partial charge in [-0.1, -0.05) is 32.0 Å². The van der Waals surface area contributed by atoms with E-state index in [-0.39, 0.29) is 0 Å². The molecule has 104 valence electrons. The Morgan fingerprint density at radius 1 is 1.11 bits per heavy atom. The zero-order valence-corrected chi connectivity index (χ0v) is 12.2. The number of hydrogen-bond acceptors (Lipinski definition) is 2. The molecule has 1 aromatic heterocycles. The molecule has 2 rings (SSSR count). The Morgan fingerprint density at radius 2 is 1.95 bits per heavy atom. The number of fused-ring (bicyclic) bond motifs is 1. The van der Waals surface area contributed by atoms with E-state index in [4.69, 9.17) is 0 Å². The molecule has 1 atom stereocenters. The summed E-state index contributed by atoms with van der Waals surface area (Å²) >= 11 is 0. The highest BCUT2D eigenvalue weighted by molar-refractivity contribution is 5.82. The van der Waals surface area contributed by atoms with Crippen LogP contribution in [0.3, 0.4) is 0 Å². The molecule has 0 saturated carbocycles. The summed E-state index contributed by atoms with van der Waals surface area (Å²) in [5.41, 5.74) is 2.58. The first kappa shape index (κ1) is 14.1. The molecule has 19 heavy (non-hydrogen) atoms. The third-order valence-corrected chi connectivity index (χ3v) is 3.32. The summed E-state index contributed by atoms with van der Waals surface area (Å²) in [6.07, 6.45) is 2.00. The van der Waals surface area contributed by atoms with Gasteiger partial charge in [0.2, 0.25) is 0 Å². The lowest BCUT2D eigenvalue weighted by atomic mass is 10.1. The van der Waals surface area contributed by atoms with Crippen LogP contribution in [0, 0.1) is 5.92 Å². The maximum Gasteiger partial charge on any atom is 0.0499 e. The van der Waals surface area contributed by atoms with Crippen molar-refractivity contribution in [2.24, 2.45) is 5.92 Å². The Labute approximate surface area is 115 Å². The number of aromatic nitrogens is 1. The third-order valence-electron chi connectivity index (χ3n) is 3.32. The van der Waals surface area contributed by atoms with Gasteiger partial charge in [-0.2, -0.15) is 0 Å². The summed E-state index contributed by atoms with van der Waals surface area (Å²) in [7, 11) is 0. The zero-order valence-electron chi connectivity index (χ0n) is 12.2. The molecule has 0 bridgehead atoms. The van der Waals surface area contributed by atoms with Crippen LogP contribution in [0.4, 0.5) is 0 Å². The van der Waals surface area contributed by atoms with E-state index in [9.17, 15) is 0 Å². The van der Waals surface area contributed by atoms with Gasteiger partial charge in [-0.25, -0.2) is 0 Å². The quantitative estimate of drug-likeness (QED) is 0.715. The van der Waals surface area contributed by atoms with E-state index in [0.29, 0.717) is 12.0 Å². The van der Waals surface area contributed by atoms with E-state index < -0.39 is 0 Å². The fourth-order valence-corrected chi connectivity index (χ4v) is 2.24. The minimum atomic E-state index is 0.476. The van der Waals surface area contributed by atoms with Crippen LogP contribution < -0.4 is 10.6 Å². The Balaban J connectivity index is 1.83. The normalized spacial score (nSPS) is 13.3. The largest absolute Gasteiger partial charge is 0.361 e. The lowest BCUT2D eigenvalue weighted by molar-refractivity contribution is 0.472. The number of para-hydroxylation sites is 1. The number of aromatic amines is 1. The lowest BCUT2D eigenvalue weighted by Crippen LogP contribution is -2.37. The van der Waals surface area contributed by atoms with Crippen molar-refractivity contribution in [2.75, 3.05) is 13.1 Å². The number of hydrogen-bond donors (Lipinski definition) is 3. The van der Waals surface area contributed by atoms with Gasteiger partial charge in [0.1, 0.15) is 0 Å². The molecular weight excluding hydrogens is 234 g/mol. The third kappa shape index (κ3) is 4.08. The van der Waals surface area contributed by atoms with Crippen molar-refractivity contribution >= 4 is 10.9 Å². The highest BCUT2D eigenvalue weighted by atomic mass is 15.0. The van der Waals surface area contributed by atoms with Gasteiger partial charge in [0, 0.05) is 30.8 Å². The SMILES string of the molecule is CC(C)CNCC(C)NCc1cccc2cc[nH]c12. The molecule has 0 saturated heterocycles.